The average molecular weight is 167 g/mol. The molecule has 0 aromatic carbocycles. The highest BCUT2D eigenvalue weighted by molar-refractivity contribution is 4.78. The van der Waals surface area contributed by atoms with Crippen LogP contribution in [0.5, 0.6) is 0 Å². The fourth-order valence-electron chi connectivity index (χ4n) is 2.43. The van der Waals surface area contributed by atoms with E-state index in [2.05, 4.69) is 5.32 Å². The Morgan fingerprint density at radius 1 is 0.917 bits per heavy atom. The second-order valence-corrected chi connectivity index (χ2v) is 4.53. The normalized spacial score (nSPS) is 32.5. The Bertz CT molecular complexity index is 121. The molecule has 2 rings (SSSR count). The molecule has 0 bridgehead atoms. The molecule has 1 saturated heterocycles. The van der Waals surface area contributed by atoms with Crippen molar-refractivity contribution in [3.05, 3.63) is 0 Å². The molecule has 0 aromatic heterocycles. The SMILES string of the molecule is C1CCNC(CC2CCC2)CC1. The van der Waals surface area contributed by atoms with Gasteiger partial charge in [0.15, 0.2) is 0 Å². The van der Waals surface area contributed by atoms with Crippen molar-refractivity contribution >= 4 is 0 Å². The molecule has 1 heteroatoms. The van der Waals surface area contributed by atoms with Crippen LogP contribution in [0.2, 0.25) is 0 Å². The highest BCUT2D eigenvalue weighted by Gasteiger charge is 2.22. The van der Waals surface area contributed by atoms with E-state index in [4.69, 9.17) is 0 Å². The van der Waals surface area contributed by atoms with Gasteiger partial charge in [-0.25, -0.2) is 0 Å². The molecule has 1 heterocycles. The van der Waals surface area contributed by atoms with E-state index < -0.39 is 0 Å². The van der Waals surface area contributed by atoms with Gasteiger partial charge in [-0.2, -0.15) is 0 Å². The Balaban J connectivity index is 1.69. The quantitative estimate of drug-likeness (QED) is 0.667. The third-order valence-electron chi connectivity index (χ3n) is 3.50. The zero-order valence-corrected chi connectivity index (χ0v) is 8.02. The van der Waals surface area contributed by atoms with E-state index in [1.54, 1.807) is 0 Å². The largest absolute Gasteiger partial charge is 0.314 e. The topological polar surface area (TPSA) is 12.0 Å². The highest BCUT2D eigenvalue weighted by Crippen LogP contribution is 2.31. The van der Waals surface area contributed by atoms with Crippen molar-refractivity contribution in [3.8, 4) is 0 Å². The second kappa shape index (κ2) is 4.27. The number of hydrogen-bond acceptors (Lipinski definition) is 1. The summed E-state index contributed by atoms with van der Waals surface area (Å²) in [6, 6.07) is 0.873. The molecule has 70 valence electrons. The van der Waals surface area contributed by atoms with Crippen LogP contribution in [0.25, 0.3) is 0 Å². The Kier molecular flexibility index (Phi) is 3.04. The van der Waals surface area contributed by atoms with Gasteiger partial charge < -0.3 is 5.32 Å². The van der Waals surface area contributed by atoms with Crippen LogP contribution in [0.1, 0.15) is 51.4 Å². The summed E-state index contributed by atoms with van der Waals surface area (Å²) in [5.74, 6) is 1.08. The molecule has 1 aliphatic heterocycles. The predicted molar refractivity (Wildman–Crippen MR) is 52.2 cm³/mol. The van der Waals surface area contributed by atoms with Gasteiger partial charge in [-0.3, -0.25) is 0 Å². The summed E-state index contributed by atoms with van der Waals surface area (Å²) in [7, 11) is 0. The maximum atomic E-state index is 3.68. The summed E-state index contributed by atoms with van der Waals surface area (Å²) < 4.78 is 0. The van der Waals surface area contributed by atoms with Crippen molar-refractivity contribution in [1.29, 1.82) is 0 Å². The number of rotatable bonds is 2. The molecule has 0 amide bonds. The van der Waals surface area contributed by atoms with Gasteiger partial charge in [-0.15, -0.1) is 0 Å². The second-order valence-electron chi connectivity index (χ2n) is 4.53. The lowest BCUT2D eigenvalue weighted by atomic mass is 9.80. The summed E-state index contributed by atoms with van der Waals surface area (Å²) in [5, 5.41) is 3.68. The highest BCUT2D eigenvalue weighted by atomic mass is 14.9. The van der Waals surface area contributed by atoms with Crippen LogP contribution < -0.4 is 5.32 Å². The minimum absolute atomic E-state index is 0.873. The molecule has 1 atom stereocenters. The van der Waals surface area contributed by atoms with E-state index in [0.29, 0.717) is 0 Å². The lowest BCUT2D eigenvalue weighted by Crippen LogP contribution is -2.32. The standard InChI is InChI=1S/C11H21N/c1-2-7-11(12-8-3-1)9-10-5-4-6-10/h10-12H,1-9H2. The Morgan fingerprint density at radius 2 is 1.83 bits per heavy atom. The van der Waals surface area contributed by atoms with Gasteiger partial charge in [-0.05, 0) is 31.7 Å². The molecule has 1 aliphatic carbocycles. The maximum Gasteiger partial charge on any atom is 0.00697 e. The molecule has 1 saturated carbocycles. The summed E-state index contributed by atoms with van der Waals surface area (Å²) in [6.07, 6.45) is 11.8. The van der Waals surface area contributed by atoms with Gasteiger partial charge in [0.25, 0.3) is 0 Å². The molecule has 12 heavy (non-hydrogen) atoms. The monoisotopic (exact) mass is 167 g/mol. The van der Waals surface area contributed by atoms with Gasteiger partial charge in [0.2, 0.25) is 0 Å². The first-order chi connectivity index (χ1) is 5.95. The summed E-state index contributed by atoms with van der Waals surface area (Å²) in [4.78, 5) is 0. The first kappa shape index (κ1) is 8.55. The third kappa shape index (κ3) is 2.22. The Labute approximate surface area is 75.9 Å². The van der Waals surface area contributed by atoms with Crippen LogP contribution in [0.4, 0.5) is 0 Å². The van der Waals surface area contributed by atoms with Crippen LogP contribution in [-0.2, 0) is 0 Å². The summed E-state index contributed by atoms with van der Waals surface area (Å²) in [6.45, 7) is 1.28. The summed E-state index contributed by atoms with van der Waals surface area (Å²) >= 11 is 0. The molecule has 0 radical (unpaired) electrons. The van der Waals surface area contributed by atoms with Crippen LogP contribution >= 0.6 is 0 Å². The first-order valence-corrected chi connectivity index (χ1v) is 5.68. The molecule has 2 aliphatic rings. The molecule has 0 spiro atoms. The molecule has 1 N–H and O–H groups in total. The average Bonchev–Trinajstić information content (AvgIpc) is 2.24. The first-order valence-electron chi connectivity index (χ1n) is 5.68. The smallest absolute Gasteiger partial charge is 0.00697 e. The predicted octanol–water partition coefficient (Wildman–Crippen LogP) is 2.71. The van der Waals surface area contributed by atoms with Gasteiger partial charge >= 0.3 is 0 Å². The fourth-order valence-corrected chi connectivity index (χ4v) is 2.43. The van der Waals surface area contributed by atoms with E-state index in [1.807, 2.05) is 0 Å². The van der Waals surface area contributed by atoms with E-state index in [0.717, 1.165) is 12.0 Å². The third-order valence-corrected chi connectivity index (χ3v) is 3.50. The molecular weight excluding hydrogens is 146 g/mol. The molecular formula is C11H21N. The van der Waals surface area contributed by atoms with Crippen LogP contribution in [0.15, 0.2) is 0 Å². The van der Waals surface area contributed by atoms with Crippen molar-refractivity contribution in [3.63, 3.8) is 0 Å². The van der Waals surface area contributed by atoms with Gasteiger partial charge in [0.05, 0.1) is 0 Å². The van der Waals surface area contributed by atoms with Crippen molar-refractivity contribution < 1.29 is 0 Å². The van der Waals surface area contributed by atoms with Crippen LogP contribution in [0, 0.1) is 5.92 Å². The van der Waals surface area contributed by atoms with E-state index in [9.17, 15) is 0 Å². The molecule has 2 fully saturated rings. The summed E-state index contributed by atoms with van der Waals surface area (Å²) in [5.41, 5.74) is 0. The van der Waals surface area contributed by atoms with Crippen LogP contribution in [-0.4, -0.2) is 12.6 Å². The van der Waals surface area contributed by atoms with Gasteiger partial charge in [0, 0.05) is 6.04 Å². The Morgan fingerprint density at radius 3 is 2.58 bits per heavy atom. The van der Waals surface area contributed by atoms with Crippen molar-refractivity contribution in [2.45, 2.75) is 57.4 Å². The van der Waals surface area contributed by atoms with E-state index in [-0.39, 0.29) is 0 Å². The van der Waals surface area contributed by atoms with Crippen molar-refractivity contribution in [1.82, 2.24) is 5.32 Å². The Hall–Kier alpha value is -0.0400. The zero-order valence-electron chi connectivity index (χ0n) is 8.02. The van der Waals surface area contributed by atoms with E-state index in [1.165, 1.54) is 57.9 Å². The van der Waals surface area contributed by atoms with Crippen LogP contribution in [0.3, 0.4) is 0 Å². The number of hydrogen-bond donors (Lipinski definition) is 1. The lowest BCUT2D eigenvalue weighted by Gasteiger charge is -2.29. The van der Waals surface area contributed by atoms with E-state index >= 15 is 0 Å². The minimum Gasteiger partial charge on any atom is -0.314 e. The van der Waals surface area contributed by atoms with Crippen molar-refractivity contribution in [2.75, 3.05) is 6.54 Å². The van der Waals surface area contributed by atoms with Gasteiger partial charge in [-0.1, -0.05) is 32.1 Å². The minimum atomic E-state index is 0.873. The molecule has 1 nitrogen and oxygen atoms in total. The number of nitrogens with one attached hydrogen (secondary N) is 1. The maximum absolute atomic E-state index is 3.68. The fraction of sp³-hybridized carbons (Fsp3) is 1.00. The van der Waals surface area contributed by atoms with Gasteiger partial charge in [0.1, 0.15) is 0 Å². The zero-order chi connectivity index (χ0) is 8.23. The lowest BCUT2D eigenvalue weighted by molar-refractivity contribution is 0.257. The van der Waals surface area contributed by atoms with Crippen molar-refractivity contribution in [2.24, 2.45) is 5.92 Å². The molecule has 1 unspecified atom stereocenters. The molecule has 0 aromatic rings.